The Hall–Kier alpha value is -0.0900. The van der Waals surface area contributed by atoms with Gasteiger partial charge in [-0.1, -0.05) is 39.5 Å². The van der Waals surface area contributed by atoms with Crippen LogP contribution in [0.3, 0.4) is 0 Å². The van der Waals surface area contributed by atoms with E-state index >= 15 is 0 Å². The van der Waals surface area contributed by atoms with Gasteiger partial charge in [0.25, 0.3) is 5.91 Å². The van der Waals surface area contributed by atoms with Crippen molar-refractivity contribution in [2.75, 3.05) is 6.54 Å². The summed E-state index contributed by atoms with van der Waals surface area (Å²) >= 11 is 6.88. The Morgan fingerprint density at radius 3 is 2.37 bits per heavy atom. The van der Waals surface area contributed by atoms with Crippen molar-refractivity contribution < 1.29 is 4.79 Å². The van der Waals surface area contributed by atoms with Crippen molar-refractivity contribution in [3.8, 4) is 0 Å². The van der Waals surface area contributed by atoms with Gasteiger partial charge in [0.05, 0.1) is 9.09 Å². The zero-order valence-electron chi connectivity index (χ0n) is 11.8. The summed E-state index contributed by atoms with van der Waals surface area (Å²) in [5, 5.41) is 0. The van der Waals surface area contributed by atoms with Crippen molar-refractivity contribution in [1.82, 2.24) is 4.90 Å². The molecule has 0 fully saturated rings. The molecule has 0 unspecified atom stereocenters. The van der Waals surface area contributed by atoms with Crippen molar-refractivity contribution in [2.45, 2.75) is 58.8 Å². The highest BCUT2D eigenvalue weighted by atomic mass is 79.9. The molecule has 1 aliphatic rings. The van der Waals surface area contributed by atoms with Crippen LogP contribution in [0.5, 0.6) is 0 Å². The fraction of sp³-hybridized carbons (Fsp3) is 0.667. The van der Waals surface area contributed by atoms with Gasteiger partial charge in [0.15, 0.2) is 0 Å². The molecule has 2 nitrogen and oxygen atoms in total. The predicted molar refractivity (Wildman–Crippen MR) is 88.3 cm³/mol. The second kappa shape index (κ2) is 8.96. The topological polar surface area (TPSA) is 20.3 Å². The second-order valence-corrected chi connectivity index (χ2v) is 7.59. The number of amides is 1. The molecule has 0 bridgehead atoms. The van der Waals surface area contributed by atoms with E-state index in [9.17, 15) is 4.79 Å². The SMILES string of the molecule is CCCCCCC1=CC(=C(Br)Br)N(CCCC)C1=O. The smallest absolute Gasteiger partial charge is 0.254 e. The standard InChI is InChI=1S/C15H23Br2NO/c1-3-5-7-8-9-12-11-13(14(16)17)18(15(12)19)10-6-4-2/h11H,3-10H2,1-2H3. The highest BCUT2D eigenvalue weighted by Gasteiger charge is 2.28. The van der Waals surface area contributed by atoms with E-state index < -0.39 is 0 Å². The molecule has 0 saturated heterocycles. The van der Waals surface area contributed by atoms with Crippen LogP contribution in [0.25, 0.3) is 0 Å². The van der Waals surface area contributed by atoms with E-state index in [0.29, 0.717) is 0 Å². The van der Waals surface area contributed by atoms with Gasteiger partial charge in [-0.2, -0.15) is 0 Å². The summed E-state index contributed by atoms with van der Waals surface area (Å²) in [7, 11) is 0. The number of allylic oxidation sites excluding steroid dienone is 1. The maximum atomic E-state index is 12.4. The summed E-state index contributed by atoms with van der Waals surface area (Å²) in [5.41, 5.74) is 1.93. The first kappa shape index (κ1) is 17.0. The molecule has 0 spiro atoms. The Bertz CT molecular complexity index is 370. The van der Waals surface area contributed by atoms with Crippen LogP contribution >= 0.6 is 31.9 Å². The number of hydrogen-bond donors (Lipinski definition) is 0. The molecule has 108 valence electrons. The molecule has 0 aliphatic carbocycles. The number of halogens is 2. The van der Waals surface area contributed by atoms with Gasteiger partial charge in [-0.3, -0.25) is 4.79 Å². The molecular weight excluding hydrogens is 370 g/mol. The molecule has 19 heavy (non-hydrogen) atoms. The molecule has 0 aromatic carbocycles. The van der Waals surface area contributed by atoms with Gasteiger partial charge < -0.3 is 4.90 Å². The first-order chi connectivity index (χ1) is 9.11. The Balaban J connectivity index is 2.65. The lowest BCUT2D eigenvalue weighted by molar-refractivity contribution is -0.124. The van der Waals surface area contributed by atoms with E-state index in [1.165, 1.54) is 19.3 Å². The molecule has 1 rings (SSSR count). The van der Waals surface area contributed by atoms with Gasteiger partial charge in [-0.15, -0.1) is 0 Å². The van der Waals surface area contributed by atoms with Crippen LogP contribution in [0.15, 0.2) is 20.7 Å². The van der Waals surface area contributed by atoms with Gasteiger partial charge >= 0.3 is 0 Å². The molecule has 4 heteroatoms. The van der Waals surface area contributed by atoms with E-state index in [-0.39, 0.29) is 5.91 Å². The van der Waals surface area contributed by atoms with E-state index in [0.717, 1.165) is 46.9 Å². The Morgan fingerprint density at radius 2 is 1.79 bits per heavy atom. The molecule has 1 heterocycles. The third kappa shape index (κ3) is 5.07. The summed E-state index contributed by atoms with van der Waals surface area (Å²) in [6.07, 6.45) is 9.88. The average Bonchev–Trinajstić information content (AvgIpc) is 2.70. The highest BCUT2D eigenvalue weighted by Crippen LogP contribution is 2.32. The minimum atomic E-state index is 0.191. The maximum absolute atomic E-state index is 12.4. The second-order valence-electron chi connectivity index (χ2n) is 4.94. The van der Waals surface area contributed by atoms with Crippen LogP contribution in [0, 0.1) is 0 Å². The fourth-order valence-electron chi connectivity index (χ4n) is 2.20. The summed E-state index contributed by atoms with van der Waals surface area (Å²) in [6, 6.07) is 0. The van der Waals surface area contributed by atoms with Crippen molar-refractivity contribution in [3.05, 3.63) is 20.7 Å². The van der Waals surface area contributed by atoms with Crippen LogP contribution in [-0.4, -0.2) is 17.4 Å². The molecule has 0 aromatic heterocycles. The predicted octanol–water partition coefficient (Wildman–Crippen LogP) is 5.48. The highest BCUT2D eigenvalue weighted by molar-refractivity contribution is 9.28. The number of carbonyl (C=O) groups is 1. The van der Waals surface area contributed by atoms with Crippen molar-refractivity contribution in [2.24, 2.45) is 0 Å². The van der Waals surface area contributed by atoms with E-state index in [1.807, 2.05) is 11.0 Å². The Labute approximate surface area is 133 Å². The number of rotatable bonds is 8. The van der Waals surface area contributed by atoms with Crippen molar-refractivity contribution in [1.29, 1.82) is 0 Å². The fourth-order valence-corrected chi connectivity index (χ4v) is 2.86. The minimum Gasteiger partial charge on any atom is -0.307 e. The molecule has 0 radical (unpaired) electrons. The molecule has 0 saturated carbocycles. The van der Waals surface area contributed by atoms with Crippen LogP contribution in [0.2, 0.25) is 0 Å². The van der Waals surface area contributed by atoms with Gasteiger partial charge in [0, 0.05) is 12.1 Å². The zero-order chi connectivity index (χ0) is 14.3. The summed E-state index contributed by atoms with van der Waals surface area (Å²) in [5.74, 6) is 0.191. The van der Waals surface area contributed by atoms with Gasteiger partial charge in [0.1, 0.15) is 0 Å². The third-order valence-electron chi connectivity index (χ3n) is 3.35. The lowest BCUT2D eigenvalue weighted by Crippen LogP contribution is -2.27. The largest absolute Gasteiger partial charge is 0.307 e. The van der Waals surface area contributed by atoms with Crippen molar-refractivity contribution in [3.63, 3.8) is 0 Å². The van der Waals surface area contributed by atoms with Crippen LogP contribution in [-0.2, 0) is 4.79 Å². The molecule has 0 N–H and O–H groups in total. The molecular formula is C15H23Br2NO. The molecule has 0 aromatic rings. The normalized spacial score (nSPS) is 15.2. The quantitative estimate of drug-likeness (QED) is 0.500. The zero-order valence-corrected chi connectivity index (χ0v) is 15.0. The minimum absolute atomic E-state index is 0.191. The average molecular weight is 393 g/mol. The first-order valence-electron chi connectivity index (χ1n) is 7.19. The Kier molecular flexibility index (Phi) is 8.00. The first-order valence-corrected chi connectivity index (χ1v) is 8.78. The lowest BCUT2D eigenvalue weighted by Gasteiger charge is -2.18. The summed E-state index contributed by atoms with van der Waals surface area (Å²) < 4.78 is 0.869. The third-order valence-corrected chi connectivity index (χ3v) is 4.16. The van der Waals surface area contributed by atoms with Gasteiger partial charge in [-0.25, -0.2) is 0 Å². The monoisotopic (exact) mass is 391 g/mol. The molecule has 1 amide bonds. The van der Waals surface area contributed by atoms with Crippen LogP contribution in [0.1, 0.15) is 58.8 Å². The molecule has 1 aliphatic heterocycles. The lowest BCUT2D eigenvalue weighted by atomic mass is 10.1. The molecule has 0 atom stereocenters. The van der Waals surface area contributed by atoms with Gasteiger partial charge in [0.2, 0.25) is 0 Å². The number of unbranched alkanes of at least 4 members (excludes halogenated alkanes) is 4. The number of hydrogen-bond acceptors (Lipinski definition) is 1. The number of carbonyl (C=O) groups excluding carboxylic acids is 1. The van der Waals surface area contributed by atoms with E-state index in [2.05, 4.69) is 45.7 Å². The maximum Gasteiger partial charge on any atom is 0.254 e. The van der Waals surface area contributed by atoms with E-state index in [4.69, 9.17) is 0 Å². The Morgan fingerprint density at radius 1 is 1.11 bits per heavy atom. The van der Waals surface area contributed by atoms with E-state index in [1.54, 1.807) is 0 Å². The van der Waals surface area contributed by atoms with Crippen molar-refractivity contribution >= 4 is 37.8 Å². The van der Waals surface area contributed by atoms with Gasteiger partial charge in [-0.05, 0) is 57.2 Å². The van der Waals surface area contributed by atoms with Crippen LogP contribution in [0.4, 0.5) is 0 Å². The van der Waals surface area contributed by atoms with Crippen LogP contribution < -0.4 is 0 Å². The summed E-state index contributed by atoms with van der Waals surface area (Å²) in [6.45, 7) is 5.15. The number of nitrogens with zero attached hydrogens (tertiary/aromatic N) is 1. The summed E-state index contributed by atoms with van der Waals surface area (Å²) in [4.78, 5) is 14.3.